The minimum atomic E-state index is -0.595. The molecule has 2 aromatic carbocycles. The van der Waals surface area contributed by atoms with E-state index in [2.05, 4.69) is 10.6 Å². The molecule has 47 heavy (non-hydrogen) atoms. The highest BCUT2D eigenvalue weighted by Gasteiger charge is 2.25. The molecule has 2 aliphatic heterocycles. The highest BCUT2D eigenvalue weighted by Crippen LogP contribution is 2.40. The summed E-state index contributed by atoms with van der Waals surface area (Å²) in [4.78, 5) is 78.2. The zero-order valence-corrected chi connectivity index (χ0v) is 26.6. The lowest BCUT2D eigenvalue weighted by molar-refractivity contribution is -0.388. The molecule has 0 unspecified atom stereocenters. The molecule has 2 saturated heterocycles. The van der Waals surface area contributed by atoms with Crippen molar-refractivity contribution in [2.75, 3.05) is 66.5 Å². The third-order valence-corrected chi connectivity index (χ3v) is 8.73. The lowest BCUT2D eigenvalue weighted by Gasteiger charge is -2.33. The van der Waals surface area contributed by atoms with Gasteiger partial charge in [-0.05, 0) is 35.4 Å². The number of urea groups is 2. The third kappa shape index (κ3) is 8.84. The molecule has 2 N–H and O–H groups in total. The molecule has 16 nitrogen and oxygen atoms in total. The van der Waals surface area contributed by atoms with Crippen LogP contribution in [0.3, 0.4) is 0 Å². The molecule has 248 valence electrons. The smallest absolute Gasteiger partial charge is 0.317 e. The number of nitrogens with zero attached hydrogens (tertiary/aromatic N) is 6. The molecule has 0 atom stereocenters. The van der Waals surface area contributed by atoms with Crippen LogP contribution in [0, 0.1) is 20.2 Å². The van der Waals surface area contributed by atoms with Crippen molar-refractivity contribution < 1.29 is 29.0 Å². The fraction of sp³-hybridized carbons (Fsp3) is 0.333. The van der Waals surface area contributed by atoms with Crippen molar-refractivity contribution in [1.29, 1.82) is 0 Å². The van der Waals surface area contributed by atoms with Gasteiger partial charge in [0.25, 0.3) is 11.4 Å². The Bertz CT molecular complexity index is 1500. The van der Waals surface area contributed by atoms with E-state index in [9.17, 15) is 39.4 Å². The predicted octanol–water partition coefficient (Wildman–Crippen LogP) is 2.65. The minimum absolute atomic E-state index is 0.168. The number of nitro benzene ring substituents is 2. The van der Waals surface area contributed by atoms with E-state index in [1.54, 1.807) is 31.7 Å². The second kappa shape index (κ2) is 15.7. The van der Waals surface area contributed by atoms with Crippen molar-refractivity contribution in [3.8, 4) is 0 Å². The van der Waals surface area contributed by atoms with Gasteiger partial charge in [0, 0.05) is 90.7 Å². The summed E-state index contributed by atoms with van der Waals surface area (Å²) in [6.45, 7) is 2.96. The Morgan fingerprint density at radius 1 is 0.638 bits per heavy atom. The van der Waals surface area contributed by atoms with Crippen LogP contribution in [0.15, 0.2) is 58.3 Å². The first-order valence-corrected chi connectivity index (χ1v) is 15.4. The van der Waals surface area contributed by atoms with E-state index < -0.39 is 9.85 Å². The first kappa shape index (κ1) is 34.4. The second-order valence-corrected chi connectivity index (χ2v) is 11.6. The van der Waals surface area contributed by atoms with Gasteiger partial charge in [0.05, 0.1) is 19.6 Å². The van der Waals surface area contributed by atoms with Crippen LogP contribution in [0.2, 0.25) is 0 Å². The van der Waals surface area contributed by atoms with Crippen LogP contribution in [0.4, 0.5) is 21.0 Å². The second-order valence-electron chi connectivity index (χ2n) is 10.5. The zero-order valence-electron chi connectivity index (χ0n) is 25.8. The molecule has 2 aliphatic rings. The van der Waals surface area contributed by atoms with Gasteiger partial charge in [-0.1, -0.05) is 23.9 Å². The number of rotatable bonds is 8. The average Bonchev–Trinajstić information content (AvgIpc) is 3.09. The Kier molecular flexibility index (Phi) is 11.5. The van der Waals surface area contributed by atoms with Gasteiger partial charge in [-0.25, -0.2) is 9.59 Å². The summed E-state index contributed by atoms with van der Waals surface area (Å²) < 4.78 is 0. The van der Waals surface area contributed by atoms with Crippen molar-refractivity contribution >= 4 is 59.2 Å². The first-order valence-electron chi connectivity index (χ1n) is 14.6. The number of nitrogens with one attached hydrogen (secondary N) is 2. The van der Waals surface area contributed by atoms with Gasteiger partial charge >= 0.3 is 12.1 Å². The maximum absolute atomic E-state index is 12.7. The van der Waals surface area contributed by atoms with Crippen LogP contribution in [0.25, 0.3) is 12.2 Å². The number of carbonyl (C=O) groups excluding carboxylic acids is 4. The highest BCUT2D eigenvalue weighted by molar-refractivity contribution is 7.99. The lowest BCUT2D eigenvalue weighted by atomic mass is 10.2. The molecule has 0 spiro atoms. The SMILES string of the molecule is CNC(=O)N1CCN(C(=O)/C=C/c2ccc(Sc3ccc(/C=C/C(=O)N4CCN(C(=O)NC)CC4)cc3[N+](=O)[O-])c([N+](=O)[O-])c2)CC1. The van der Waals surface area contributed by atoms with E-state index in [1.165, 1.54) is 62.7 Å². The predicted molar refractivity (Wildman–Crippen MR) is 174 cm³/mol. The number of amides is 6. The Hall–Kier alpha value is -5.45. The number of benzene rings is 2. The highest BCUT2D eigenvalue weighted by atomic mass is 32.2. The Balaban J connectivity index is 1.43. The summed E-state index contributed by atoms with van der Waals surface area (Å²) in [5.74, 6) is -0.588. The van der Waals surface area contributed by atoms with Crippen LogP contribution in [0.5, 0.6) is 0 Å². The molecule has 0 aromatic heterocycles. The van der Waals surface area contributed by atoms with E-state index in [-0.39, 0.29) is 45.0 Å². The number of piperazine rings is 2. The van der Waals surface area contributed by atoms with Gasteiger partial charge in [-0.2, -0.15) is 0 Å². The zero-order chi connectivity index (χ0) is 34.1. The Morgan fingerprint density at radius 2 is 0.979 bits per heavy atom. The number of hydrogen-bond acceptors (Lipinski definition) is 9. The fourth-order valence-corrected chi connectivity index (χ4v) is 5.96. The van der Waals surface area contributed by atoms with E-state index in [0.29, 0.717) is 63.5 Å². The molecular formula is C30H34N8O8S. The Morgan fingerprint density at radius 3 is 1.30 bits per heavy atom. The molecule has 17 heteroatoms. The number of carbonyl (C=O) groups is 4. The standard InChI is InChI=1S/C30H34N8O8S/c1-31-29(41)35-15-11-33(12-16-35)27(39)9-5-21-3-7-25(23(19-21)37(43)44)47-26-8-4-22(20-24(26)38(45)46)6-10-28(40)34-13-17-36(18-14-34)30(42)32-2/h3-10,19-20H,11-18H2,1-2H3,(H,31,41)(H,32,42)/b9-5+,10-6+. The first-order chi connectivity index (χ1) is 22.5. The molecule has 0 saturated carbocycles. The lowest BCUT2D eigenvalue weighted by Crippen LogP contribution is -2.52. The molecule has 2 aromatic rings. The van der Waals surface area contributed by atoms with Crippen molar-refractivity contribution in [1.82, 2.24) is 30.2 Å². The van der Waals surface area contributed by atoms with Gasteiger partial charge < -0.3 is 30.2 Å². The van der Waals surface area contributed by atoms with E-state index in [4.69, 9.17) is 0 Å². The summed E-state index contributed by atoms with van der Waals surface area (Å²) in [7, 11) is 3.07. The molecule has 2 fully saturated rings. The normalized spacial score (nSPS) is 15.2. The molecule has 0 bridgehead atoms. The van der Waals surface area contributed by atoms with Crippen molar-refractivity contribution in [3.05, 3.63) is 79.9 Å². The topological polar surface area (TPSA) is 192 Å². The molecule has 0 radical (unpaired) electrons. The van der Waals surface area contributed by atoms with Crippen molar-refractivity contribution in [3.63, 3.8) is 0 Å². The van der Waals surface area contributed by atoms with Gasteiger partial charge in [0.15, 0.2) is 0 Å². The van der Waals surface area contributed by atoms with E-state index >= 15 is 0 Å². The van der Waals surface area contributed by atoms with Crippen molar-refractivity contribution in [2.24, 2.45) is 0 Å². The molecular weight excluding hydrogens is 632 g/mol. The van der Waals surface area contributed by atoms with Crippen LogP contribution >= 0.6 is 11.8 Å². The van der Waals surface area contributed by atoms with E-state index in [0.717, 1.165) is 11.8 Å². The summed E-state index contributed by atoms with van der Waals surface area (Å²) in [6.07, 6.45) is 5.55. The molecule has 4 rings (SSSR count). The summed E-state index contributed by atoms with van der Waals surface area (Å²) in [6, 6.07) is 8.24. The maximum Gasteiger partial charge on any atom is 0.317 e. The Labute approximate surface area is 274 Å². The summed E-state index contributed by atoms with van der Waals surface area (Å²) in [5.41, 5.74) is 0.217. The quantitative estimate of drug-likeness (QED) is 0.242. The van der Waals surface area contributed by atoms with Gasteiger partial charge in [-0.3, -0.25) is 29.8 Å². The van der Waals surface area contributed by atoms with Crippen LogP contribution < -0.4 is 10.6 Å². The van der Waals surface area contributed by atoms with E-state index in [1.807, 2.05) is 0 Å². The van der Waals surface area contributed by atoms with Gasteiger partial charge in [0.2, 0.25) is 11.8 Å². The third-order valence-electron chi connectivity index (χ3n) is 7.60. The van der Waals surface area contributed by atoms with Gasteiger partial charge in [0.1, 0.15) is 0 Å². The van der Waals surface area contributed by atoms with Crippen LogP contribution in [-0.4, -0.2) is 120 Å². The van der Waals surface area contributed by atoms with Crippen LogP contribution in [-0.2, 0) is 9.59 Å². The largest absolute Gasteiger partial charge is 0.341 e. The van der Waals surface area contributed by atoms with Crippen molar-refractivity contribution in [2.45, 2.75) is 9.79 Å². The summed E-state index contributed by atoms with van der Waals surface area (Å²) in [5, 5.41) is 29.0. The summed E-state index contributed by atoms with van der Waals surface area (Å²) >= 11 is 0.861. The average molecular weight is 667 g/mol. The molecule has 6 amide bonds. The number of nitro groups is 2. The monoisotopic (exact) mass is 666 g/mol. The fourth-order valence-electron chi connectivity index (χ4n) is 4.97. The number of hydrogen-bond donors (Lipinski definition) is 2. The van der Waals surface area contributed by atoms with Gasteiger partial charge in [-0.15, -0.1) is 0 Å². The van der Waals surface area contributed by atoms with Crippen LogP contribution in [0.1, 0.15) is 11.1 Å². The maximum atomic E-state index is 12.7. The molecule has 2 heterocycles. The molecule has 0 aliphatic carbocycles. The minimum Gasteiger partial charge on any atom is -0.341 e.